The minimum absolute atomic E-state index is 0.497. The van der Waals surface area contributed by atoms with Gasteiger partial charge >= 0.3 is 0 Å². The first-order valence-corrected chi connectivity index (χ1v) is 5.82. The predicted molar refractivity (Wildman–Crippen MR) is 64.9 cm³/mol. The zero-order chi connectivity index (χ0) is 12.0. The van der Waals surface area contributed by atoms with Crippen LogP contribution in [0.2, 0.25) is 0 Å². The highest BCUT2D eigenvalue weighted by molar-refractivity contribution is 5.35. The van der Waals surface area contributed by atoms with Gasteiger partial charge in [-0.2, -0.15) is 5.26 Å². The average Bonchev–Trinajstić information content (AvgIpc) is 2.35. The van der Waals surface area contributed by atoms with Gasteiger partial charge in [-0.25, -0.2) is 0 Å². The van der Waals surface area contributed by atoms with Crippen molar-refractivity contribution in [2.75, 3.05) is 0 Å². The van der Waals surface area contributed by atoms with Crippen LogP contribution in [0.3, 0.4) is 0 Å². The Morgan fingerprint density at radius 3 is 2.81 bits per heavy atom. The van der Waals surface area contributed by atoms with Crippen LogP contribution in [0, 0.1) is 11.3 Å². The van der Waals surface area contributed by atoms with Crippen molar-refractivity contribution in [3.05, 3.63) is 29.1 Å². The maximum absolute atomic E-state index is 8.99. The number of pyridine rings is 1. The van der Waals surface area contributed by atoms with Crippen molar-refractivity contribution in [2.24, 2.45) is 0 Å². The molecule has 3 nitrogen and oxygen atoms in total. The summed E-state index contributed by atoms with van der Waals surface area (Å²) < 4.78 is 0. The van der Waals surface area contributed by atoms with E-state index in [0.717, 1.165) is 30.6 Å². The van der Waals surface area contributed by atoms with Gasteiger partial charge in [0, 0.05) is 18.8 Å². The second-order valence-electron chi connectivity index (χ2n) is 3.99. The van der Waals surface area contributed by atoms with Crippen molar-refractivity contribution in [1.82, 2.24) is 10.3 Å². The smallest absolute Gasteiger partial charge is 0.101 e. The molecule has 0 aliphatic rings. The number of aryl methyl sites for hydroxylation is 1. The lowest BCUT2D eigenvalue weighted by Crippen LogP contribution is -2.24. The minimum Gasteiger partial charge on any atom is -0.310 e. The van der Waals surface area contributed by atoms with Crippen molar-refractivity contribution in [3.8, 4) is 6.07 Å². The van der Waals surface area contributed by atoms with Gasteiger partial charge < -0.3 is 5.32 Å². The summed E-state index contributed by atoms with van der Waals surface area (Å²) in [7, 11) is 0. The van der Waals surface area contributed by atoms with Crippen molar-refractivity contribution >= 4 is 0 Å². The molecule has 1 aromatic rings. The van der Waals surface area contributed by atoms with E-state index in [0.29, 0.717) is 11.6 Å². The number of rotatable bonds is 5. The number of aromatic nitrogens is 1. The Hall–Kier alpha value is -1.40. The zero-order valence-corrected chi connectivity index (χ0v) is 10.2. The Morgan fingerprint density at radius 1 is 1.50 bits per heavy atom. The van der Waals surface area contributed by atoms with E-state index >= 15 is 0 Å². The van der Waals surface area contributed by atoms with Crippen LogP contribution in [0.15, 0.2) is 12.3 Å². The second kappa shape index (κ2) is 6.24. The topological polar surface area (TPSA) is 48.7 Å². The Kier molecular flexibility index (Phi) is 4.94. The van der Waals surface area contributed by atoms with Crippen LogP contribution in [0.1, 0.15) is 44.0 Å². The van der Waals surface area contributed by atoms with Gasteiger partial charge in [0.25, 0.3) is 0 Å². The monoisotopic (exact) mass is 217 g/mol. The summed E-state index contributed by atoms with van der Waals surface area (Å²) in [4.78, 5) is 4.31. The number of nitriles is 1. The van der Waals surface area contributed by atoms with Gasteiger partial charge in [-0.3, -0.25) is 4.98 Å². The summed E-state index contributed by atoms with van der Waals surface area (Å²) in [6.07, 6.45) is 3.77. The normalized spacial score (nSPS) is 12.1. The molecule has 0 aliphatic heterocycles. The predicted octanol–water partition coefficient (Wildman–Crippen LogP) is 2.40. The highest BCUT2D eigenvalue weighted by atomic mass is 14.9. The Balaban J connectivity index is 2.72. The highest BCUT2D eigenvalue weighted by Gasteiger charge is 2.04. The largest absolute Gasteiger partial charge is 0.310 e. The molecule has 0 saturated heterocycles. The molecule has 0 saturated carbocycles. The maximum atomic E-state index is 8.99. The number of nitrogens with zero attached hydrogens (tertiary/aromatic N) is 2. The second-order valence-corrected chi connectivity index (χ2v) is 3.99. The third kappa shape index (κ3) is 3.32. The van der Waals surface area contributed by atoms with Gasteiger partial charge in [-0.15, -0.1) is 0 Å². The average molecular weight is 217 g/mol. The number of nitrogens with one attached hydrogen (secondary N) is 1. The lowest BCUT2D eigenvalue weighted by Gasteiger charge is -2.11. The molecule has 86 valence electrons. The lowest BCUT2D eigenvalue weighted by atomic mass is 10.1. The fraction of sp³-hybridized carbons (Fsp3) is 0.538. The first-order chi connectivity index (χ1) is 7.71. The first-order valence-electron chi connectivity index (χ1n) is 5.82. The summed E-state index contributed by atoms with van der Waals surface area (Å²) in [6.45, 7) is 7.09. The Bertz CT molecular complexity index is 379. The fourth-order valence-electron chi connectivity index (χ4n) is 1.45. The van der Waals surface area contributed by atoms with E-state index in [-0.39, 0.29) is 0 Å². The first kappa shape index (κ1) is 12.7. The van der Waals surface area contributed by atoms with Crippen molar-refractivity contribution in [1.29, 1.82) is 5.26 Å². The summed E-state index contributed by atoms with van der Waals surface area (Å²) in [5, 5.41) is 12.4. The van der Waals surface area contributed by atoms with Crippen LogP contribution >= 0.6 is 0 Å². The van der Waals surface area contributed by atoms with Crippen LogP contribution in [0.4, 0.5) is 0 Å². The van der Waals surface area contributed by atoms with Crippen LogP contribution < -0.4 is 5.32 Å². The molecule has 1 N–H and O–H groups in total. The fourth-order valence-corrected chi connectivity index (χ4v) is 1.45. The molecule has 1 rings (SSSR count). The molecule has 1 atom stereocenters. The lowest BCUT2D eigenvalue weighted by molar-refractivity contribution is 0.533. The van der Waals surface area contributed by atoms with Gasteiger partial charge in [0.2, 0.25) is 0 Å². The molecule has 0 aliphatic carbocycles. The van der Waals surface area contributed by atoms with E-state index in [4.69, 9.17) is 5.26 Å². The van der Waals surface area contributed by atoms with Crippen molar-refractivity contribution in [3.63, 3.8) is 0 Å². The third-order valence-corrected chi connectivity index (χ3v) is 2.75. The van der Waals surface area contributed by atoms with Crippen LogP contribution in [-0.2, 0) is 13.0 Å². The van der Waals surface area contributed by atoms with E-state index in [1.165, 1.54) is 0 Å². The van der Waals surface area contributed by atoms with Gasteiger partial charge in [-0.05, 0) is 31.4 Å². The van der Waals surface area contributed by atoms with Gasteiger partial charge in [-0.1, -0.05) is 13.8 Å². The summed E-state index contributed by atoms with van der Waals surface area (Å²) in [5.41, 5.74) is 2.66. The summed E-state index contributed by atoms with van der Waals surface area (Å²) in [5.74, 6) is 0. The molecule has 0 aromatic carbocycles. The molecular weight excluding hydrogens is 198 g/mol. The standard InChI is InChI=1S/C13H19N3/c1-4-10(3)15-8-11-6-12(7-14)13(5-2)16-9-11/h6,9-10,15H,4-5,8H2,1-3H3/t10-/m0/s1. The number of hydrogen-bond donors (Lipinski definition) is 1. The zero-order valence-electron chi connectivity index (χ0n) is 10.2. The maximum Gasteiger partial charge on any atom is 0.101 e. The van der Waals surface area contributed by atoms with Gasteiger partial charge in [0.05, 0.1) is 11.3 Å². The molecule has 0 unspecified atom stereocenters. The van der Waals surface area contributed by atoms with E-state index in [2.05, 4.69) is 30.2 Å². The SMILES string of the molecule is CCc1ncc(CN[C@@H](C)CC)cc1C#N. The molecule has 0 fully saturated rings. The quantitative estimate of drug-likeness (QED) is 0.824. The Labute approximate surface area is 97.5 Å². The minimum atomic E-state index is 0.497. The third-order valence-electron chi connectivity index (χ3n) is 2.75. The molecule has 0 radical (unpaired) electrons. The van der Waals surface area contributed by atoms with E-state index < -0.39 is 0 Å². The van der Waals surface area contributed by atoms with E-state index in [9.17, 15) is 0 Å². The van der Waals surface area contributed by atoms with Crippen LogP contribution in [0.5, 0.6) is 0 Å². The van der Waals surface area contributed by atoms with E-state index in [1.807, 2.05) is 19.2 Å². The molecule has 16 heavy (non-hydrogen) atoms. The van der Waals surface area contributed by atoms with Gasteiger partial charge in [0.15, 0.2) is 0 Å². The molecule has 0 amide bonds. The molecule has 0 spiro atoms. The molecule has 1 aromatic heterocycles. The summed E-state index contributed by atoms with van der Waals surface area (Å²) >= 11 is 0. The molecular formula is C13H19N3. The molecule has 1 heterocycles. The summed E-state index contributed by atoms with van der Waals surface area (Å²) in [6, 6.07) is 4.63. The Morgan fingerprint density at radius 2 is 2.25 bits per heavy atom. The number of hydrogen-bond acceptors (Lipinski definition) is 3. The highest BCUT2D eigenvalue weighted by Crippen LogP contribution is 2.08. The molecule has 0 bridgehead atoms. The van der Waals surface area contributed by atoms with E-state index in [1.54, 1.807) is 0 Å². The van der Waals surface area contributed by atoms with Crippen molar-refractivity contribution in [2.45, 2.75) is 46.2 Å². The van der Waals surface area contributed by atoms with Crippen LogP contribution in [0.25, 0.3) is 0 Å². The van der Waals surface area contributed by atoms with Crippen LogP contribution in [-0.4, -0.2) is 11.0 Å². The van der Waals surface area contributed by atoms with Gasteiger partial charge in [0.1, 0.15) is 6.07 Å². The van der Waals surface area contributed by atoms with Crippen molar-refractivity contribution < 1.29 is 0 Å². The molecule has 3 heteroatoms.